The predicted octanol–water partition coefficient (Wildman–Crippen LogP) is 0.488. The average molecular weight is 457 g/mol. The summed E-state index contributed by atoms with van der Waals surface area (Å²) in [5.41, 5.74) is 0.826. The number of Topliss-reactive ketones (excluding diaryl/α,β-unsaturated/α-hetero) is 1. The predicted molar refractivity (Wildman–Crippen MR) is 117 cm³/mol. The Labute approximate surface area is 191 Å². The third-order valence-corrected chi connectivity index (χ3v) is 6.33. The normalized spacial score (nSPS) is 21.2. The molecule has 4 rings (SSSR count). The van der Waals surface area contributed by atoms with Crippen LogP contribution in [0.25, 0.3) is 5.76 Å². The second kappa shape index (κ2) is 9.73. The summed E-state index contributed by atoms with van der Waals surface area (Å²) in [6.45, 7) is 4.03. The van der Waals surface area contributed by atoms with Gasteiger partial charge in [-0.3, -0.25) is 9.59 Å². The number of methoxy groups -OCH3 is 1. The van der Waals surface area contributed by atoms with E-state index in [1.54, 1.807) is 48.5 Å². The molecule has 8 heteroatoms. The van der Waals surface area contributed by atoms with E-state index in [4.69, 9.17) is 21.1 Å². The number of ether oxygens (including phenoxy) is 2. The fourth-order valence-corrected chi connectivity index (χ4v) is 4.45. The van der Waals surface area contributed by atoms with Crippen molar-refractivity contribution < 1.29 is 29.1 Å². The second-order valence-corrected chi connectivity index (χ2v) is 8.24. The molecular formula is C24H25ClN2O5. The number of nitrogens with one attached hydrogen (secondary N) is 1. The number of quaternary nitrogens is 1. The number of hydrogen-bond acceptors (Lipinski definition) is 5. The monoisotopic (exact) mass is 456 g/mol. The van der Waals surface area contributed by atoms with Crippen LogP contribution < -0.4 is 14.7 Å². The van der Waals surface area contributed by atoms with Crippen molar-refractivity contribution in [1.82, 2.24) is 4.90 Å². The molecule has 0 radical (unpaired) electrons. The average Bonchev–Trinajstić information content (AvgIpc) is 3.08. The van der Waals surface area contributed by atoms with E-state index in [0.717, 1.165) is 13.1 Å². The summed E-state index contributed by atoms with van der Waals surface area (Å²) in [5.74, 6) is -1.32. The van der Waals surface area contributed by atoms with E-state index in [-0.39, 0.29) is 5.57 Å². The minimum Gasteiger partial charge on any atom is -0.872 e. The molecule has 2 aliphatic heterocycles. The van der Waals surface area contributed by atoms with E-state index < -0.39 is 23.5 Å². The molecule has 32 heavy (non-hydrogen) atoms. The number of morpholine rings is 1. The van der Waals surface area contributed by atoms with E-state index >= 15 is 0 Å². The van der Waals surface area contributed by atoms with Crippen molar-refractivity contribution >= 4 is 29.1 Å². The molecule has 1 amide bonds. The molecule has 1 unspecified atom stereocenters. The highest BCUT2D eigenvalue weighted by Crippen LogP contribution is 2.40. The highest BCUT2D eigenvalue weighted by Gasteiger charge is 2.45. The van der Waals surface area contributed by atoms with Gasteiger partial charge in [-0.25, -0.2) is 0 Å². The zero-order valence-corrected chi connectivity index (χ0v) is 18.6. The van der Waals surface area contributed by atoms with Crippen molar-refractivity contribution in [2.75, 3.05) is 46.5 Å². The maximum Gasteiger partial charge on any atom is 0.295 e. The SMILES string of the molecule is COc1ccc(/C([O-])=C2\C(=O)C(=O)N(CC[NH+]3CCOCC3)C2c2ccccc2Cl)cc1. The summed E-state index contributed by atoms with van der Waals surface area (Å²) in [5, 5.41) is 13.8. The summed E-state index contributed by atoms with van der Waals surface area (Å²) >= 11 is 6.46. The van der Waals surface area contributed by atoms with Crippen LogP contribution in [0.2, 0.25) is 5.02 Å². The van der Waals surface area contributed by atoms with Gasteiger partial charge in [-0.2, -0.15) is 0 Å². The molecule has 0 saturated carbocycles. The molecule has 2 saturated heterocycles. The van der Waals surface area contributed by atoms with Crippen LogP contribution in [0.3, 0.4) is 0 Å². The number of hydrogen-bond donors (Lipinski definition) is 1. The van der Waals surface area contributed by atoms with Crippen LogP contribution in [0.15, 0.2) is 54.1 Å². The van der Waals surface area contributed by atoms with E-state index in [9.17, 15) is 14.7 Å². The van der Waals surface area contributed by atoms with Crippen LogP contribution in [-0.2, 0) is 14.3 Å². The quantitative estimate of drug-likeness (QED) is 0.388. The molecule has 2 fully saturated rings. The van der Waals surface area contributed by atoms with Gasteiger partial charge >= 0.3 is 0 Å². The van der Waals surface area contributed by atoms with Gasteiger partial charge in [-0.15, -0.1) is 0 Å². The smallest absolute Gasteiger partial charge is 0.295 e. The molecule has 2 heterocycles. The number of nitrogens with zero attached hydrogens (tertiary/aromatic N) is 1. The summed E-state index contributed by atoms with van der Waals surface area (Å²) in [7, 11) is 1.53. The van der Waals surface area contributed by atoms with Crippen molar-refractivity contribution in [3.05, 3.63) is 70.3 Å². The number of ketones is 1. The Morgan fingerprint density at radius 1 is 1.16 bits per heavy atom. The fourth-order valence-electron chi connectivity index (χ4n) is 4.21. The van der Waals surface area contributed by atoms with Gasteiger partial charge in [0.25, 0.3) is 5.91 Å². The first-order valence-corrected chi connectivity index (χ1v) is 11.0. The molecule has 1 atom stereocenters. The fraction of sp³-hybridized carbons (Fsp3) is 0.333. The summed E-state index contributed by atoms with van der Waals surface area (Å²) in [6.07, 6.45) is 0. The van der Waals surface area contributed by atoms with E-state index in [1.807, 2.05) is 0 Å². The molecule has 0 aliphatic carbocycles. The van der Waals surface area contributed by atoms with Crippen LogP contribution in [0.5, 0.6) is 5.75 Å². The second-order valence-electron chi connectivity index (χ2n) is 7.84. The first-order chi connectivity index (χ1) is 15.5. The van der Waals surface area contributed by atoms with Crippen molar-refractivity contribution in [3.8, 4) is 5.75 Å². The lowest BCUT2D eigenvalue weighted by Gasteiger charge is -2.30. The highest BCUT2D eigenvalue weighted by molar-refractivity contribution is 6.46. The van der Waals surface area contributed by atoms with Crippen molar-refractivity contribution in [3.63, 3.8) is 0 Å². The largest absolute Gasteiger partial charge is 0.872 e. The van der Waals surface area contributed by atoms with Crippen LogP contribution in [0, 0.1) is 0 Å². The number of carbonyl (C=O) groups excluding carboxylic acids is 2. The molecule has 0 spiro atoms. The number of likely N-dealkylation sites (tertiary alicyclic amines) is 1. The Morgan fingerprint density at radius 3 is 2.50 bits per heavy atom. The van der Waals surface area contributed by atoms with Gasteiger partial charge in [0.15, 0.2) is 0 Å². The minimum atomic E-state index is -0.821. The van der Waals surface area contributed by atoms with Crippen molar-refractivity contribution in [1.29, 1.82) is 0 Å². The van der Waals surface area contributed by atoms with Gasteiger partial charge < -0.3 is 24.4 Å². The molecule has 7 nitrogen and oxygen atoms in total. The topological polar surface area (TPSA) is 83.3 Å². The maximum atomic E-state index is 13.4. The summed E-state index contributed by atoms with van der Waals surface area (Å²) in [4.78, 5) is 28.9. The number of carbonyl (C=O) groups is 2. The third kappa shape index (κ3) is 4.37. The summed E-state index contributed by atoms with van der Waals surface area (Å²) < 4.78 is 10.5. The van der Waals surface area contributed by atoms with E-state index in [0.29, 0.717) is 48.2 Å². The first kappa shape index (κ1) is 22.3. The van der Waals surface area contributed by atoms with Gasteiger partial charge in [0.05, 0.1) is 39.5 Å². The lowest BCUT2D eigenvalue weighted by atomic mass is 9.95. The number of halogens is 1. The lowest BCUT2D eigenvalue weighted by Crippen LogP contribution is -3.14. The van der Waals surface area contributed by atoms with Crippen molar-refractivity contribution in [2.24, 2.45) is 0 Å². The third-order valence-electron chi connectivity index (χ3n) is 5.99. The Hall–Kier alpha value is -2.87. The molecule has 1 N–H and O–H groups in total. The van der Waals surface area contributed by atoms with Gasteiger partial charge in [-0.1, -0.05) is 47.7 Å². The molecule has 168 valence electrons. The van der Waals surface area contributed by atoms with Crippen LogP contribution in [-0.4, -0.2) is 63.1 Å². The maximum absolute atomic E-state index is 13.4. The van der Waals surface area contributed by atoms with E-state index in [2.05, 4.69) is 0 Å². The van der Waals surface area contributed by atoms with Crippen LogP contribution >= 0.6 is 11.6 Å². The van der Waals surface area contributed by atoms with Crippen LogP contribution in [0.4, 0.5) is 0 Å². The van der Waals surface area contributed by atoms with Gasteiger partial charge in [0, 0.05) is 10.6 Å². The number of amides is 1. The van der Waals surface area contributed by atoms with Gasteiger partial charge in [0.2, 0.25) is 5.78 Å². The molecule has 0 bridgehead atoms. The number of benzene rings is 2. The Bertz CT molecular complexity index is 1030. The van der Waals surface area contributed by atoms with Crippen molar-refractivity contribution in [2.45, 2.75) is 6.04 Å². The molecular weight excluding hydrogens is 432 g/mol. The Balaban J connectivity index is 1.74. The molecule has 0 aromatic heterocycles. The first-order valence-electron chi connectivity index (χ1n) is 10.6. The number of rotatable bonds is 6. The summed E-state index contributed by atoms with van der Waals surface area (Å²) in [6, 6.07) is 12.7. The van der Waals surface area contributed by atoms with E-state index in [1.165, 1.54) is 16.9 Å². The van der Waals surface area contributed by atoms with Gasteiger partial charge in [-0.05, 0) is 29.3 Å². The zero-order valence-electron chi connectivity index (χ0n) is 17.8. The highest BCUT2D eigenvalue weighted by atomic mass is 35.5. The molecule has 2 aromatic carbocycles. The molecule has 2 aliphatic rings. The Morgan fingerprint density at radius 2 is 1.84 bits per heavy atom. The lowest BCUT2D eigenvalue weighted by molar-refractivity contribution is -0.907. The standard InChI is InChI=1S/C24H25ClN2O5/c1-31-17-8-6-16(7-9-17)22(28)20-21(18-4-2-3-5-19(18)25)27(24(30)23(20)29)11-10-26-12-14-32-15-13-26/h2-9,21,28H,10-15H2,1H3/b22-20+. The zero-order chi connectivity index (χ0) is 22.7. The van der Waals surface area contributed by atoms with Gasteiger partial charge in [0.1, 0.15) is 18.8 Å². The van der Waals surface area contributed by atoms with Crippen LogP contribution in [0.1, 0.15) is 17.2 Å². The minimum absolute atomic E-state index is 0.0646. The molecule has 2 aromatic rings. The Kier molecular flexibility index (Phi) is 6.79.